The molecule has 0 fully saturated rings. The molecule has 141 heavy (non-hydrogen) atoms. The number of benzene rings is 3. The normalized spacial score (nSPS) is 11.0. The van der Waals surface area contributed by atoms with Crippen LogP contribution in [0.2, 0.25) is 0 Å². The van der Waals surface area contributed by atoms with Gasteiger partial charge in [-0.05, 0) is 219 Å². The third kappa shape index (κ3) is 34.8. The SMILES string of the molecule is Cc1ccnc(-c2cc(C(F)(F)F)n[n-]2)c1.Cc1ccnc(-c2cc(C(F)(F)F)n[n-]2)c1.Cc1ccnc(-c2cc(C(F)(F)F)n[n-]2)c1.Cc1ccnc(-c2cc(C(F)(F)F)n[n-]2)c1.Cc1ccnc(-c2cc(C(F)(F)F)n[n-]2)c1.Cc1ccnc(-c2cc(C(F)(F)F)n[n-]2)c1.Fc1c[c-]c(-c2ccccn2)c(F)c1.Fc1c[c-]c(-c2ccccn2)c(F)c1.Fc1c[c-]c(-c2ccccn2)c(F)c1.[Ir+3].[Ir+3].[Ir+3]. The van der Waals surface area contributed by atoms with Gasteiger partial charge in [0.15, 0.2) is 0 Å². The maximum atomic E-state index is 13.2. The molecule has 0 bridgehead atoms. The Kier molecular flexibility index (Phi) is 41.0. The zero-order valence-corrected chi connectivity index (χ0v) is 79.4. The van der Waals surface area contributed by atoms with Crippen LogP contribution < -0.4 is 30.6 Å². The number of aromatic nitrogens is 21. The molecule has 0 unspecified atom stereocenters. The van der Waals surface area contributed by atoms with Crippen LogP contribution in [0, 0.1) is 94.6 Å². The molecule has 15 heterocycles. The van der Waals surface area contributed by atoms with Gasteiger partial charge in [-0.1, -0.05) is 105 Å². The molecule has 0 aliphatic heterocycles. The standard InChI is InChI=1S/3C11H6F2N.6C10H7F3N3.3Ir/c3*12-8-4-5-9(10(13)7-8)11-3-1-2-6-14-11;6*1-6-2-3-14-7(4-6)8-5-9(16-15-8)10(11,12)13;;;/h3*1-4,6-7H;6*2-5H,1H3;;;/q9*-1;3*+3. The molecule has 15 aromatic heterocycles. The Morgan fingerprint density at radius 3 is 0.496 bits per heavy atom. The molecule has 48 heteroatoms. The summed E-state index contributed by atoms with van der Waals surface area (Å²) in [6, 6.07) is 54.4. The Hall–Kier alpha value is -14.5. The van der Waals surface area contributed by atoms with Gasteiger partial charge < -0.3 is 76.1 Å². The fourth-order valence-corrected chi connectivity index (χ4v) is 10.9. The maximum Gasteiger partial charge on any atom is 3.00 e. The quantitative estimate of drug-likeness (QED) is 0.0958. The average Bonchev–Trinajstić information content (AvgIpc) is 1.67. The van der Waals surface area contributed by atoms with Crippen molar-refractivity contribution in [3.05, 3.63) is 377 Å². The topological polar surface area (TPSA) is 278 Å². The fraction of sp³-hybridized carbons (Fsp3) is 0.129. The maximum absolute atomic E-state index is 13.2. The van der Waals surface area contributed by atoms with Gasteiger partial charge in [0, 0.05) is 125 Å². The summed E-state index contributed by atoms with van der Waals surface area (Å²) < 4.78 is 298. The van der Waals surface area contributed by atoms with Gasteiger partial charge in [-0.3, -0.25) is 56.2 Å². The first-order valence-electron chi connectivity index (χ1n) is 39.0. The van der Waals surface area contributed by atoms with Crippen LogP contribution in [0.15, 0.2) is 256 Å². The van der Waals surface area contributed by atoms with Crippen molar-refractivity contribution in [1.82, 2.24) is 106 Å². The molecule has 0 atom stereocenters. The van der Waals surface area contributed by atoms with E-state index in [4.69, 9.17) is 0 Å². The molecular weight excluding hydrogens is 2440 g/mol. The summed E-state index contributed by atoms with van der Waals surface area (Å²) in [7, 11) is 0. The van der Waals surface area contributed by atoms with Crippen molar-refractivity contribution in [3.63, 3.8) is 0 Å². The van der Waals surface area contributed by atoms with Gasteiger partial charge in [0.1, 0.15) is 34.2 Å². The predicted molar refractivity (Wildman–Crippen MR) is 448 cm³/mol. The van der Waals surface area contributed by atoms with Gasteiger partial charge in [-0.25, -0.2) is 0 Å². The molecule has 0 spiro atoms. The minimum Gasteiger partial charge on any atom is -0.573 e. The first-order valence-corrected chi connectivity index (χ1v) is 39.0. The van der Waals surface area contributed by atoms with Crippen molar-refractivity contribution in [1.29, 1.82) is 0 Å². The second-order valence-corrected chi connectivity index (χ2v) is 28.3. The summed E-state index contributed by atoms with van der Waals surface area (Å²) in [6.45, 7) is 11.0. The molecular formula is C93H60F24Ir3N21. The number of hydrogen-bond donors (Lipinski definition) is 0. The third-order valence-electron chi connectivity index (χ3n) is 17.4. The van der Waals surface area contributed by atoms with Crippen molar-refractivity contribution < 1.29 is 166 Å². The van der Waals surface area contributed by atoms with Crippen molar-refractivity contribution in [3.8, 4) is 102 Å². The largest absolute Gasteiger partial charge is 3.00 e. The first kappa shape index (κ1) is 114. The summed E-state index contributed by atoms with van der Waals surface area (Å²) in [5, 5.41) is 39.2. The second-order valence-electron chi connectivity index (χ2n) is 28.3. The molecule has 0 radical (unpaired) electrons. The van der Waals surface area contributed by atoms with Crippen LogP contribution in [0.1, 0.15) is 67.5 Å². The van der Waals surface area contributed by atoms with Gasteiger partial charge in [0.25, 0.3) is 0 Å². The van der Waals surface area contributed by atoms with Crippen LogP contribution in [0.5, 0.6) is 0 Å². The van der Waals surface area contributed by atoms with Crippen LogP contribution in [0.4, 0.5) is 105 Å². The van der Waals surface area contributed by atoms with Gasteiger partial charge >= 0.3 is 97.4 Å². The molecule has 3 aromatic carbocycles. The van der Waals surface area contributed by atoms with E-state index in [9.17, 15) is 105 Å². The number of halogens is 24. The molecule has 18 rings (SSSR count). The van der Waals surface area contributed by atoms with Crippen LogP contribution in [-0.2, 0) is 97.4 Å². The van der Waals surface area contributed by atoms with E-state index in [0.717, 1.165) is 106 Å². The van der Waals surface area contributed by atoms with Crippen molar-refractivity contribution in [2.75, 3.05) is 0 Å². The van der Waals surface area contributed by atoms with E-state index in [1.165, 1.54) is 37.2 Å². The number of nitrogens with zero attached hydrogens (tertiary/aromatic N) is 21. The Labute approximate surface area is 824 Å². The van der Waals surface area contributed by atoms with E-state index >= 15 is 0 Å². The van der Waals surface area contributed by atoms with Crippen LogP contribution >= 0.6 is 0 Å². The van der Waals surface area contributed by atoms with Crippen LogP contribution in [0.3, 0.4) is 0 Å². The first-order chi connectivity index (χ1) is 65.1. The van der Waals surface area contributed by atoms with Crippen LogP contribution in [-0.4, -0.2) is 75.4 Å². The zero-order chi connectivity index (χ0) is 100. The molecule has 0 saturated carbocycles. The summed E-state index contributed by atoms with van der Waals surface area (Å²) >= 11 is 0. The smallest absolute Gasteiger partial charge is 0.573 e. The molecule has 0 N–H and O–H groups in total. The second kappa shape index (κ2) is 50.9. The Balaban J connectivity index is 0.000000215. The minimum atomic E-state index is -4.46. The number of rotatable bonds is 9. The minimum absolute atomic E-state index is 0. The number of hydrogen-bond acceptors (Lipinski definition) is 15. The van der Waals surface area contributed by atoms with E-state index in [1.54, 1.807) is 146 Å². The van der Waals surface area contributed by atoms with E-state index in [1.807, 2.05) is 41.5 Å². The number of aryl methyl sites for hydroxylation is 6. The molecule has 0 saturated heterocycles. The predicted octanol–water partition coefficient (Wildman–Crippen LogP) is 23.0. The van der Waals surface area contributed by atoms with Crippen molar-refractivity contribution in [2.24, 2.45) is 0 Å². The summed E-state index contributed by atoms with van der Waals surface area (Å²) in [5.41, 5.74) is 4.53. The monoisotopic (exact) mass is 2510 g/mol. The number of pyridine rings is 9. The van der Waals surface area contributed by atoms with Gasteiger partial charge in [-0.2, -0.15) is 79.0 Å². The molecule has 0 aliphatic rings. The van der Waals surface area contributed by atoms with E-state index in [2.05, 4.69) is 124 Å². The zero-order valence-electron chi connectivity index (χ0n) is 72.2. The summed E-state index contributed by atoms with van der Waals surface area (Å²) in [5.74, 6) is -3.86. The average molecular weight is 2500 g/mol. The molecule has 0 aliphatic carbocycles. The molecule has 0 amide bonds. The van der Waals surface area contributed by atoms with Gasteiger partial charge in [-0.15, -0.1) is 36.4 Å². The summed E-state index contributed by atoms with van der Waals surface area (Å²) in [4.78, 5) is 35.4. The molecule has 18 aromatic rings. The Morgan fingerprint density at radius 1 is 0.206 bits per heavy atom. The molecule has 732 valence electrons. The van der Waals surface area contributed by atoms with E-state index in [-0.39, 0.29) is 111 Å². The Bertz CT molecular complexity index is 6030. The third-order valence-corrected chi connectivity index (χ3v) is 17.4. The van der Waals surface area contributed by atoms with E-state index < -0.39 is 106 Å². The number of alkyl halides is 18. The van der Waals surface area contributed by atoms with Gasteiger partial charge in [0.2, 0.25) is 0 Å². The summed E-state index contributed by atoms with van der Waals surface area (Å²) in [6.07, 6.45) is -13.0. The van der Waals surface area contributed by atoms with Crippen LogP contribution in [0.25, 0.3) is 102 Å². The van der Waals surface area contributed by atoms with Crippen molar-refractivity contribution >= 4 is 0 Å². The molecule has 21 nitrogen and oxygen atoms in total. The Morgan fingerprint density at radius 2 is 0.369 bits per heavy atom. The van der Waals surface area contributed by atoms with Gasteiger partial charge in [0.05, 0.1) is 0 Å². The fourth-order valence-electron chi connectivity index (χ4n) is 10.9. The van der Waals surface area contributed by atoms with Crippen molar-refractivity contribution in [2.45, 2.75) is 78.6 Å². The van der Waals surface area contributed by atoms with E-state index in [0.29, 0.717) is 51.2 Å².